The highest BCUT2D eigenvalue weighted by Crippen LogP contribution is 2.27. The molecule has 0 atom stereocenters. The van der Waals surface area contributed by atoms with Crippen molar-refractivity contribution in [1.82, 2.24) is 14.5 Å². The summed E-state index contributed by atoms with van der Waals surface area (Å²) >= 11 is 11.8. The first kappa shape index (κ1) is 12.0. The van der Waals surface area contributed by atoms with E-state index in [0.717, 1.165) is 6.54 Å². The third-order valence-electron chi connectivity index (χ3n) is 2.18. The van der Waals surface area contributed by atoms with Crippen LogP contribution in [0, 0.1) is 0 Å². The van der Waals surface area contributed by atoms with Crippen LogP contribution in [0.2, 0.25) is 10.0 Å². The molecule has 0 fully saturated rings. The van der Waals surface area contributed by atoms with Gasteiger partial charge >= 0.3 is 0 Å². The van der Waals surface area contributed by atoms with E-state index in [1.165, 1.54) is 0 Å². The summed E-state index contributed by atoms with van der Waals surface area (Å²) < 4.78 is 1.94. The van der Waals surface area contributed by atoms with Crippen molar-refractivity contribution >= 4 is 34.8 Å². The van der Waals surface area contributed by atoms with Gasteiger partial charge < -0.3 is 15.6 Å². The van der Waals surface area contributed by atoms with Gasteiger partial charge in [-0.1, -0.05) is 23.2 Å². The Hall–Kier alpha value is -1.46. The second kappa shape index (κ2) is 5.25. The third kappa shape index (κ3) is 3.01. The van der Waals surface area contributed by atoms with Gasteiger partial charge in [0.05, 0.1) is 16.4 Å². The molecular formula is C10H11Cl2N5. The number of halogens is 2. The monoisotopic (exact) mass is 271 g/mol. The minimum atomic E-state index is 0.265. The van der Waals surface area contributed by atoms with Crippen LogP contribution in [0.1, 0.15) is 0 Å². The van der Waals surface area contributed by atoms with Crippen molar-refractivity contribution in [2.75, 3.05) is 17.6 Å². The van der Waals surface area contributed by atoms with Crippen LogP contribution in [0.25, 0.3) is 0 Å². The van der Waals surface area contributed by atoms with Crippen LogP contribution in [-0.4, -0.2) is 21.1 Å². The van der Waals surface area contributed by atoms with Gasteiger partial charge in [0.15, 0.2) is 0 Å². The van der Waals surface area contributed by atoms with Crippen molar-refractivity contribution in [3.8, 4) is 0 Å². The summed E-state index contributed by atoms with van der Waals surface area (Å²) in [4.78, 5) is 8.02. The number of nitrogens with zero attached hydrogens (tertiary/aromatic N) is 3. The van der Waals surface area contributed by atoms with Crippen molar-refractivity contribution in [1.29, 1.82) is 0 Å². The maximum atomic E-state index is 5.98. The summed E-state index contributed by atoms with van der Waals surface area (Å²) in [5.74, 6) is 0.801. The molecule has 0 spiro atoms. The molecule has 0 saturated heterocycles. The van der Waals surface area contributed by atoms with Gasteiger partial charge in [-0.15, -0.1) is 0 Å². The summed E-state index contributed by atoms with van der Waals surface area (Å²) in [7, 11) is 0. The molecule has 0 radical (unpaired) electrons. The zero-order valence-corrected chi connectivity index (χ0v) is 10.4. The number of nitrogens with two attached hydrogens (primary N) is 1. The van der Waals surface area contributed by atoms with E-state index < -0.39 is 0 Å². The minimum Gasteiger partial charge on any atom is -0.382 e. The van der Waals surface area contributed by atoms with Gasteiger partial charge in [0.2, 0.25) is 0 Å². The van der Waals surface area contributed by atoms with E-state index in [1.54, 1.807) is 18.6 Å². The van der Waals surface area contributed by atoms with Crippen LogP contribution in [-0.2, 0) is 6.54 Å². The van der Waals surface area contributed by atoms with Gasteiger partial charge in [0, 0.05) is 25.5 Å². The van der Waals surface area contributed by atoms with E-state index >= 15 is 0 Å². The molecule has 0 aromatic carbocycles. The summed E-state index contributed by atoms with van der Waals surface area (Å²) in [5, 5.41) is 3.90. The maximum Gasteiger partial charge on any atom is 0.147 e. The zero-order valence-electron chi connectivity index (χ0n) is 8.90. The standard InChI is InChI=1S/C10H11Cl2N5/c11-7-5-8(12)10(16-9(7)13)15-2-4-17-3-1-14-6-17/h1,3,5-6H,2,4H2,(H3,13,15,16). The molecular weight excluding hydrogens is 261 g/mol. The molecule has 0 unspecified atom stereocenters. The number of anilines is 2. The van der Waals surface area contributed by atoms with Crippen LogP contribution < -0.4 is 11.1 Å². The average molecular weight is 272 g/mol. The van der Waals surface area contributed by atoms with Gasteiger partial charge in [-0.3, -0.25) is 0 Å². The first-order valence-electron chi connectivity index (χ1n) is 4.98. The van der Waals surface area contributed by atoms with Gasteiger partial charge in [0.25, 0.3) is 0 Å². The first-order valence-corrected chi connectivity index (χ1v) is 5.73. The molecule has 3 N–H and O–H groups in total. The molecule has 0 bridgehead atoms. The molecule has 0 aliphatic carbocycles. The number of nitrogens with one attached hydrogen (secondary N) is 1. The number of hydrogen-bond donors (Lipinski definition) is 2. The van der Waals surface area contributed by atoms with Crippen molar-refractivity contribution in [3.63, 3.8) is 0 Å². The van der Waals surface area contributed by atoms with Gasteiger partial charge in [-0.2, -0.15) is 0 Å². The van der Waals surface area contributed by atoms with Crippen LogP contribution in [0.5, 0.6) is 0 Å². The second-order valence-electron chi connectivity index (χ2n) is 3.41. The van der Waals surface area contributed by atoms with Crippen molar-refractivity contribution in [2.24, 2.45) is 0 Å². The predicted octanol–water partition coefficient (Wildman–Crippen LogP) is 2.28. The third-order valence-corrected chi connectivity index (χ3v) is 2.77. The zero-order chi connectivity index (χ0) is 12.3. The van der Waals surface area contributed by atoms with Gasteiger partial charge in [0.1, 0.15) is 11.6 Å². The number of pyridine rings is 1. The quantitative estimate of drug-likeness (QED) is 0.895. The molecule has 0 amide bonds. The molecule has 7 heteroatoms. The Morgan fingerprint density at radius 3 is 2.88 bits per heavy atom. The van der Waals surface area contributed by atoms with Crippen molar-refractivity contribution < 1.29 is 0 Å². The number of nitrogen functional groups attached to an aromatic ring is 1. The lowest BCUT2D eigenvalue weighted by atomic mass is 10.4. The average Bonchev–Trinajstić information content (AvgIpc) is 2.78. The van der Waals surface area contributed by atoms with E-state index in [9.17, 15) is 0 Å². The Bertz CT molecular complexity index is 498. The molecule has 2 aromatic rings. The van der Waals surface area contributed by atoms with Gasteiger partial charge in [-0.05, 0) is 6.07 Å². The SMILES string of the molecule is Nc1nc(NCCn2ccnc2)c(Cl)cc1Cl. The Morgan fingerprint density at radius 1 is 1.35 bits per heavy atom. The molecule has 90 valence electrons. The molecule has 2 heterocycles. The molecule has 5 nitrogen and oxygen atoms in total. The Kier molecular flexibility index (Phi) is 3.71. The normalized spacial score (nSPS) is 10.5. The summed E-state index contributed by atoms with van der Waals surface area (Å²) in [6.07, 6.45) is 5.35. The Labute approximate surface area is 109 Å². The van der Waals surface area contributed by atoms with Crippen LogP contribution in [0.15, 0.2) is 24.8 Å². The van der Waals surface area contributed by atoms with E-state index in [0.29, 0.717) is 22.4 Å². The summed E-state index contributed by atoms with van der Waals surface area (Å²) in [6, 6.07) is 1.57. The van der Waals surface area contributed by atoms with Crippen LogP contribution >= 0.6 is 23.2 Å². The Balaban J connectivity index is 1.97. The Morgan fingerprint density at radius 2 is 2.18 bits per heavy atom. The molecule has 0 aliphatic rings. The number of hydrogen-bond acceptors (Lipinski definition) is 4. The largest absolute Gasteiger partial charge is 0.382 e. The number of imidazole rings is 1. The van der Waals surface area contributed by atoms with E-state index in [1.807, 2.05) is 10.8 Å². The first-order chi connectivity index (χ1) is 8.16. The molecule has 0 saturated carbocycles. The fourth-order valence-corrected chi connectivity index (χ4v) is 1.75. The lowest BCUT2D eigenvalue weighted by Gasteiger charge is -2.09. The number of rotatable bonds is 4. The predicted molar refractivity (Wildman–Crippen MR) is 69.4 cm³/mol. The highest BCUT2D eigenvalue weighted by Gasteiger charge is 2.06. The maximum absolute atomic E-state index is 5.98. The lowest BCUT2D eigenvalue weighted by Crippen LogP contribution is -2.11. The van der Waals surface area contributed by atoms with E-state index in [2.05, 4.69) is 15.3 Å². The molecule has 0 aliphatic heterocycles. The van der Waals surface area contributed by atoms with Crippen LogP contribution in [0.4, 0.5) is 11.6 Å². The lowest BCUT2D eigenvalue weighted by molar-refractivity contribution is 0.725. The smallest absolute Gasteiger partial charge is 0.147 e. The molecule has 2 aromatic heterocycles. The summed E-state index contributed by atoms with van der Waals surface area (Å²) in [5.41, 5.74) is 5.60. The highest BCUT2D eigenvalue weighted by molar-refractivity contribution is 6.37. The second-order valence-corrected chi connectivity index (χ2v) is 4.23. The highest BCUT2D eigenvalue weighted by atomic mass is 35.5. The fourth-order valence-electron chi connectivity index (χ4n) is 1.33. The van der Waals surface area contributed by atoms with E-state index in [-0.39, 0.29) is 5.82 Å². The molecule has 2 rings (SSSR count). The topological polar surface area (TPSA) is 68.8 Å². The van der Waals surface area contributed by atoms with Crippen molar-refractivity contribution in [2.45, 2.75) is 6.54 Å². The van der Waals surface area contributed by atoms with E-state index in [4.69, 9.17) is 28.9 Å². The summed E-state index contributed by atoms with van der Waals surface area (Å²) in [6.45, 7) is 1.44. The van der Waals surface area contributed by atoms with Crippen molar-refractivity contribution in [3.05, 3.63) is 34.8 Å². The fraction of sp³-hybridized carbons (Fsp3) is 0.200. The number of aromatic nitrogens is 3. The van der Waals surface area contributed by atoms with Gasteiger partial charge in [-0.25, -0.2) is 9.97 Å². The van der Waals surface area contributed by atoms with Crippen LogP contribution in [0.3, 0.4) is 0 Å². The minimum absolute atomic E-state index is 0.265. The molecule has 17 heavy (non-hydrogen) atoms.